The van der Waals surface area contributed by atoms with Crippen molar-refractivity contribution in [2.75, 3.05) is 27.2 Å². The maximum Gasteiger partial charge on any atom is 0.500 e. The summed E-state index contributed by atoms with van der Waals surface area (Å²) in [5.74, 6) is 0.616. The predicted molar refractivity (Wildman–Crippen MR) is 69.4 cm³/mol. The van der Waals surface area contributed by atoms with E-state index in [0.29, 0.717) is 5.88 Å². The van der Waals surface area contributed by atoms with Gasteiger partial charge in [0, 0.05) is 33.3 Å². The van der Waals surface area contributed by atoms with Gasteiger partial charge in [0.2, 0.25) is 0 Å². The topological polar surface area (TPSA) is 27.7 Å². The summed E-state index contributed by atoms with van der Waals surface area (Å²) in [7, 11) is 2.49. The summed E-state index contributed by atoms with van der Waals surface area (Å²) in [5.41, 5.74) is 0. The van der Waals surface area contributed by atoms with Crippen LogP contribution in [-0.4, -0.2) is 36.0 Å². The van der Waals surface area contributed by atoms with Gasteiger partial charge in [0.1, 0.15) is 0 Å². The van der Waals surface area contributed by atoms with Gasteiger partial charge >= 0.3 is 8.80 Å². The van der Waals surface area contributed by atoms with Crippen LogP contribution in [0.2, 0.25) is 6.04 Å². The summed E-state index contributed by atoms with van der Waals surface area (Å²) >= 11 is 5.53. The molecular weight excluding hydrogens is 232 g/mol. The van der Waals surface area contributed by atoms with Gasteiger partial charge in [0.25, 0.3) is 0 Å². The van der Waals surface area contributed by atoms with Crippen LogP contribution in [0.25, 0.3) is 0 Å². The Balaban J connectivity index is -0.000000318. The lowest BCUT2D eigenvalue weighted by atomic mass is 10.6. The molecule has 92 valence electrons. The molecule has 0 aliphatic rings. The van der Waals surface area contributed by atoms with E-state index < -0.39 is 8.80 Å². The molecule has 0 rings (SSSR count). The third-order valence-electron chi connectivity index (χ3n) is 1.55. The molecule has 0 saturated carbocycles. The second kappa shape index (κ2) is 16.3. The van der Waals surface area contributed by atoms with Gasteiger partial charge in [-0.2, -0.15) is 0 Å². The number of rotatable bonds is 6. The SMILES string of the molecule is C=C.C=C.CO[Si](CCCCl)(OC)OC. The van der Waals surface area contributed by atoms with E-state index in [1.807, 2.05) is 0 Å². The number of hydrogen-bond donors (Lipinski definition) is 0. The number of alkyl halides is 1. The Bertz CT molecular complexity index is 111. The van der Waals surface area contributed by atoms with E-state index in [4.69, 9.17) is 24.9 Å². The van der Waals surface area contributed by atoms with Crippen LogP contribution in [0, 0.1) is 0 Å². The van der Waals surface area contributed by atoms with E-state index in [2.05, 4.69) is 26.3 Å². The van der Waals surface area contributed by atoms with E-state index in [9.17, 15) is 0 Å². The molecule has 0 aromatic carbocycles. The zero-order valence-corrected chi connectivity index (χ0v) is 11.8. The molecule has 3 nitrogen and oxygen atoms in total. The van der Waals surface area contributed by atoms with Gasteiger partial charge in [-0.1, -0.05) is 0 Å². The molecule has 0 aliphatic heterocycles. The summed E-state index contributed by atoms with van der Waals surface area (Å²) in [6.45, 7) is 12.0. The zero-order valence-electron chi connectivity index (χ0n) is 10.1. The molecule has 0 spiro atoms. The van der Waals surface area contributed by atoms with Gasteiger partial charge in [-0.3, -0.25) is 0 Å². The van der Waals surface area contributed by atoms with Crippen LogP contribution >= 0.6 is 11.6 Å². The fraction of sp³-hybridized carbons (Fsp3) is 0.600. The lowest BCUT2D eigenvalue weighted by Gasteiger charge is -2.23. The fourth-order valence-electron chi connectivity index (χ4n) is 0.840. The van der Waals surface area contributed by atoms with Gasteiger partial charge < -0.3 is 13.3 Å². The predicted octanol–water partition coefficient (Wildman–Crippen LogP) is 3.10. The van der Waals surface area contributed by atoms with Crippen LogP contribution < -0.4 is 0 Å². The van der Waals surface area contributed by atoms with Crippen LogP contribution in [0.5, 0.6) is 0 Å². The highest BCUT2D eigenvalue weighted by atomic mass is 35.5. The molecule has 15 heavy (non-hydrogen) atoms. The van der Waals surface area contributed by atoms with Crippen LogP contribution in [0.4, 0.5) is 0 Å². The number of hydrogen-bond acceptors (Lipinski definition) is 3. The summed E-state index contributed by atoms with van der Waals surface area (Å²) in [5, 5.41) is 0. The molecule has 0 atom stereocenters. The molecule has 0 aromatic heterocycles. The standard InChI is InChI=1S/C6H15ClO3Si.2C2H4/c1-8-11(9-2,10-3)6-4-5-7;2*1-2/h4-6H2,1-3H3;2*1-2H2. The van der Waals surface area contributed by atoms with Crippen molar-refractivity contribution in [1.82, 2.24) is 0 Å². The Morgan fingerprint density at radius 3 is 1.47 bits per heavy atom. The summed E-state index contributed by atoms with van der Waals surface area (Å²) in [6.07, 6.45) is 0.864. The molecule has 5 heteroatoms. The van der Waals surface area contributed by atoms with Crippen molar-refractivity contribution in [3.05, 3.63) is 26.3 Å². The Labute approximate surface area is 100 Å². The fourth-order valence-corrected chi connectivity index (χ4v) is 2.92. The molecule has 0 amide bonds. The van der Waals surface area contributed by atoms with Gasteiger partial charge in [-0.25, -0.2) is 0 Å². The first-order chi connectivity index (χ1) is 7.24. The first kappa shape index (κ1) is 20.3. The smallest absolute Gasteiger partial charge is 0.377 e. The minimum atomic E-state index is -2.32. The average molecular weight is 255 g/mol. The second-order valence-corrected chi connectivity index (χ2v) is 5.56. The van der Waals surface area contributed by atoms with Crippen LogP contribution in [0.3, 0.4) is 0 Å². The maximum absolute atomic E-state index is 5.53. The highest BCUT2D eigenvalue weighted by Gasteiger charge is 2.36. The van der Waals surface area contributed by atoms with E-state index in [1.54, 1.807) is 21.3 Å². The largest absolute Gasteiger partial charge is 0.500 e. The Kier molecular flexibility index (Phi) is 22.1. The molecule has 0 bridgehead atoms. The third kappa shape index (κ3) is 10.2. The molecule has 0 aromatic rings. The zero-order chi connectivity index (χ0) is 12.7. The Morgan fingerprint density at radius 1 is 0.933 bits per heavy atom. The van der Waals surface area contributed by atoms with Crippen molar-refractivity contribution in [2.45, 2.75) is 12.5 Å². The lowest BCUT2D eigenvalue weighted by molar-refractivity contribution is 0.123. The third-order valence-corrected chi connectivity index (χ3v) is 4.65. The van der Waals surface area contributed by atoms with E-state index in [0.717, 1.165) is 12.5 Å². The maximum atomic E-state index is 5.53. The normalized spacial score (nSPS) is 9.33. The van der Waals surface area contributed by atoms with Gasteiger partial charge in [0.05, 0.1) is 0 Å². The molecule has 0 saturated heterocycles. The molecular formula is C10H23ClO3Si. The highest BCUT2D eigenvalue weighted by molar-refractivity contribution is 6.60. The van der Waals surface area contributed by atoms with Crippen molar-refractivity contribution in [2.24, 2.45) is 0 Å². The average Bonchev–Trinajstić information content (AvgIpc) is 2.37. The molecule has 0 heterocycles. The van der Waals surface area contributed by atoms with Crippen LogP contribution in [0.15, 0.2) is 26.3 Å². The second-order valence-electron chi connectivity index (χ2n) is 2.09. The summed E-state index contributed by atoms with van der Waals surface area (Å²) in [4.78, 5) is 0. The first-order valence-corrected chi connectivity index (χ1v) is 6.92. The minimum Gasteiger partial charge on any atom is -0.377 e. The molecule has 0 N–H and O–H groups in total. The minimum absolute atomic E-state index is 0.616. The Morgan fingerprint density at radius 2 is 1.27 bits per heavy atom. The van der Waals surface area contributed by atoms with Crippen LogP contribution in [-0.2, 0) is 13.3 Å². The number of halogens is 1. The molecule has 0 unspecified atom stereocenters. The van der Waals surface area contributed by atoms with Crippen molar-refractivity contribution >= 4 is 20.4 Å². The first-order valence-electron chi connectivity index (χ1n) is 4.46. The Hall–Kier alpha value is -0.133. The van der Waals surface area contributed by atoms with Crippen molar-refractivity contribution in [3.8, 4) is 0 Å². The molecule has 0 fully saturated rings. The lowest BCUT2D eigenvalue weighted by Crippen LogP contribution is -2.42. The molecule has 0 radical (unpaired) electrons. The van der Waals surface area contributed by atoms with Gasteiger partial charge in [0.15, 0.2) is 0 Å². The van der Waals surface area contributed by atoms with Crippen molar-refractivity contribution in [3.63, 3.8) is 0 Å². The quantitative estimate of drug-likeness (QED) is 0.414. The summed E-state index contributed by atoms with van der Waals surface area (Å²) < 4.78 is 15.5. The van der Waals surface area contributed by atoms with Crippen molar-refractivity contribution < 1.29 is 13.3 Å². The van der Waals surface area contributed by atoms with E-state index in [-0.39, 0.29) is 0 Å². The molecule has 0 aliphatic carbocycles. The van der Waals surface area contributed by atoms with Crippen LogP contribution in [0.1, 0.15) is 6.42 Å². The van der Waals surface area contributed by atoms with E-state index in [1.165, 1.54) is 0 Å². The summed E-state index contributed by atoms with van der Waals surface area (Å²) in [6, 6.07) is 0.778. The van der Waals surface area contributed by atoms with Crippen molar-refractivity contribution in [1.29, 1.82) is 0 Å². The van der Waals surface area contributed by atoms with Gasteiger partial charge in [-0.05, 0) is 6.42 Å². The van der Waals surface area contributed by atoms with Gasteiger partial charge in [-0.15, -0.1) is 37.9 Å². The highest BCUT2D eigenvalue weighted by Crippen LogP contribution is 2.14. The monoisotopic (exact) mass is 254 g/mol. The van der Waals surface area contributed by atoms with E-state index >= 15 is 0 Å².